The molecule has 1 N–H and O–H groups in total. The number of anilines is 1. The van der Waals surface area contributed by atoms with Crippen molar-refractivity contribution in [3.05, 3.63) is 64.2 Å². The van der Waals surface area contributed by atoms with Crippen LogP contribution in [0.15, 0.2) is 42.5 Å². The highest BCUT2D eigenvalue weighted by Crippen LogP contribution is 2.35. The third-order valence-electron chi connectivity index (χ3n) is 5.03. The zero-order chi connectivity index (χ0) is 18.7. The fourth-order valence-electron chi connectivity index (χ4n) is 3.59. The fourth-order valence-corrected chi connectivity index (χ4v) is 3.81. The van der Waals surface area contributed by atoms with Gasteiger partial charge in [-0.15, -0.1) is 0 Å². The van der Waals surface area contributed by atoms with Crippen LogP contribution in [0.25, 0.3) is 0 Å². The average molecular weight is 368 g/mol. The molecule has 3 rings (SSSR count). The lowest BCUT2D eigenvalue weighted by Gasteiger charge is -2.27. The quantitative estimate of drug-likeness (QED) is 0.843. The van der Waals surface area contributed by atoms with Gasteiger partial charge in [0.05, 0.1) is 16.6 Å². The van der Waals surface area contributed by atoms with E-state index in [0.29, 0.717) is 17.0 Å². The summed E-state index contributed by atoms with van der Waals surface area (Å²) < 4.78 is 0. The number of benzene rings is 2. The van der Waals surface area contributed by atoms with Crippen LogP contribution in [-0.4, -0.2) is 23.9 Å². The minimum absolute atomic E-state index is 0.000650. The predicted molar refractivity (Wildman–Crippen MR) is 104 cm³/mol. The first kappa shape index (κ1) is 18.3. The molecule has 1 fully saturated rings. The van der Waals surface area contributed by atoms with Gasteiger partial charge in [-0.05, 0) is 43.2 Å². The van der Waals surface area contributed by atoms with Gasteiger partial charge in [0.2, 0.25) is 5.91 Å². The standard InChI is InChI=1S/C21H22ClN3O/c1-3-25-13-16(10-20(25)26)21(18-7-5-4-6-14(18)2)24-17-9-8-15(12-23)19(22)11-17/h4-9,11,16,21,24H,3,10,13H2,1-2H3/t16-,21?/m0/s1. The number of hydrogen-bond acceptors (Lipinski definition) is 3. The topological polar surface area (TPSA) is 56.1 Å². The summed E-state index contributed by atoms with van der Waals surface area (Å²) in [6, 6.07) is 15.7. The van der Waals surface area contributed by atoms with E-state index >= 15 is 0 Å². The highest BCUT2D eigenvalue weighted by Gasteiger charge is 2.35. The summed E-state index contributed by atoms with van der Waals surface area (Å²) >= 11 is 6.19. The van der Waals surface area contributed by atoms with Crippen LogP contribution in [0.5, 0.6) is 0 Å². The second-order valence-electron chi connectivity index (χ2n) is 6.68. The van der Waals surface area contributed by atoms with Gasteiger partial charge in [-0.3, -0.25) is 4.79 Å². The molecule has 0 saturated carbocycles. The summed E-state index contributed by atoms with van der Waals surface area (Å²) in [6.07, 6.45) is 0.532. The lowest BCUT2D eigenvalue weighted by atomic mass is 9.89. The number of aryl methyl sites for hydroxylation is 1. The van der Waals surface area contributed by atoms with Crippen molar-refractivity contribution >= 4 is 23.2 Å². The van der Waals surface area contributed by atoms with Gasteiger partial charge in [-0.25, -0.2) is 0 Å². The molecule has 0 aliphatic carbocycles. The molecule has 2 atom stereocenters. The minimum Gasteiger partial charge on any atom is -0.378 e. The maximum Gasteiger partial charge on any atom is 0.223 e. The van der Waals surface area contributed by atoms with Crippen LogP contribution in [0.1, 0.15) is 36.1 Å². The average Bonchev–Trinajstić information content (AvgIpc) is 3.01. The summed E-state index contributed by atoms with van der Waals surface area (Å²) in [5, 5.41) is 13.1. The summed E-state index contributed by atoms with van der Waals surface area (Å²) in [4.78, 5) is 14.2. The van der Waals surface area contributed by atoms with Crippen LogP contribution in [-0.2, 0) is 4.79 Å². The van der Waals surface area contributed by atoms with E-state index in [1.165, 1.54) is 11.1 Å². The zero-order valence-electron chi connectivity index (χ0n) is 15.0. The molecule has 2 aromatic rings. The Bertz CT molecular complexity index is 859. The number of rotatable bonds is 5. The number of hydrogen-bond donors (Lipinski definition) is 1. The van der Waals surface area contributed by atoms with Crippen molar-refractivity contribution in [1.82, 2.24) is 4.90 Å². The molecule has 0 aromatic heterocycles. The summed E-state index contributed by atoms with van der Waals surface area (Å²) in [5.74, 6) is 0.383. The molecule has 0 spiro atoms. The van der Waals surface area contributed by atoms with Crippen LogP contribution < -0.4 is 5.32 Å². The van der Waals surface area contributed by atoms with Crippen LogP contribution in [0.3, 0.4) is 0 Å². The molecule has 1 amide bonds. The van der Waals surface area contributed by atoms with Gasteiger partial charge in [0.25, 0.3) is 0 Å². The number of nitrogens with one attached hydrogen (secondary N) is 1. The van der Waals surface area contributed by atoms with E-state index < -0.39 is 0 Å². The molecule has 4 nitrogen and oxygen atoms in total. The maximum absolute atomic E-state index is 12.3. The smallest absolute Gasteiger partial charge is 0.223 e. The molecule has 1 aliphatic rings. The normalized spacial score (nSPS) is 17.8. The minimum atomic E-state index is 0.000650. The third kappa shape index (κ3) is 3.68. The first-order valence-corrected chi connectivity index (χ1v) is 9.20. The van der Waals surface area contributed by atoms with E-state index in [1.807, 2.05) is 30.0 Å². The van der Waals surface area contributed by atoms with Crippen molar-refractivity contribution < 1.29 is 4.79 Å². The van der Waals surface area contributed by atoms with Gasteiger partial charge in [0.1, 0.15) is 6.07 Å². The third-order valence-corrected chi connectivity index (χ3v) is 5.35. The van der Waals surface area contributed by atoms with Crippen molar-refractivity contribution in [2.75, 3.05) is 18.4 Å². The Labute approximate surface area is 159 Å². The van der Waals surface area contributed by atoms with E-state index in [4.69, 9.17) is 16.9 Å². The fraction of sp³-hybridized carbons (Fsp3) is 0.333. The van der Waals surface area contributed by atoms with E-state index in [2.05, 4.69) is 30.4 Å². The van der Waals surface area contributed by atoms with Crippen molar-refractivity contribution in [3.63, 3.8) is 0 Å². The highest BCUT2D eigenvalue weighted by molar-refractivity contribution is 6.32. The molecule has 1 heterocycles. The molecule has 1 saturated heterocycles. The maximum atomic E-state index is 12.3. The number of nitriles is 1. The largest absolute Gasteiger partial charge is 0.378 e. The lowest BCUT2D eigenvalue weighted by Crippen LogP contribution is -2.27. The summed E-state index contributed by atoms with van der Waals surface area (Å²) in [6.45, 7) is 5.57. The van der Waals surface area contributed by atoms with E-state index in [0.717, 1.165) is 18.8 Å². The van der Waals surface area contributed by atoms with Gasteiger partial charge in [-0.2, -0.15) is 5.26 Å². The van der Waals surface area contributed by atoms with Crippen molar-refractivity contribution in [1.29, 1.82) is 5.26 Å². The second-order valence-corrected chi connectivity index (χ2v) is 7.09. The number of carbonyl (C=O) groups excluding carboxylic acids is 1. The first-order valence-electron chi connectivity index (χ1n) is 8.83. The molecular weight excluding hydrogens is 346 g/mol. The van der Waals surface area contributed by atoms with Crippen LogP contribution >= 0.6 is 11.6 Å². The molecule has 0 radical (unpaired) electrons. The second kappa shape index (κ2) is 7.80. The van der Waals surface area contributed by atoms with Gasteiger partial charge in [0, 0.05) is 31.1 Å². The van der Waals surface area contributed by atoms with Gasteiger partial charge in [0.15, 0.2) is 0 Å². The highest BCUT2D eigenvalue weighted by atomic mass is 35.5. The van der Waals surface area contributed by atoms with Crippen molar-refractivity contribution in [3.8, 4) is 6.07 Å². The molecule has 26 heavy (non-hydrogen) atoms. The van der Waals surface area contributed by atoms with E-state index in [-0.39, 0.29) is 17.9 Å². The predicted octanol–water partition coefficient (Wildman–Crippen LogP) is 4.54. The summed E-state index contributed by atoms with van der Waals surface area (Å²) in [7, 11) is 0. The molecule has 134 valence electrons. The van der Waals surface area contributed by atoms with Crippen LogP contribution in [0.4, 0.5) is 5.69 Å². The molecule has 1 unspecified atom stereocenters. The first-order chi connectivity index (χ1) is 12.5. The molecule has 2 aromatic carbocycles. The van der Waals surface area contributed by atoms with Crippen LogP contribution in [0.2, 0.25) is 5.02 Å². The van der Waals surface area contributed by atoms with Crippen LogP contribution in [0, 0.1) is 24.2 Å². The molecule has 5 heteroatoms. The number of likely N-dealkylation sites (tertiary alicyclic amines) is 1. The number of nitrogens with zero attached hydrogens (tertiary/aromatic N) is 2. The monoisotopic (exact) mass is 367 g/mol. The Hall–Kier alpha value is -2.51. The van der Waals surface area contributed by atoms with Gasteiger partial charge >= 0.3 is 0 Å². The van der Waals surface area contributed by atoms with Crippen molar-refractivity contribution in [2.45, 2.75) is 26.3 Å². The zero-order valence-corrected chi connectivity index (χ0v) is 15.8. The lowest BCUT2D eigenvalue weighted by molar-refractivity contribution is -0.127. The number of carbonyl (C=O) groups is 1. The Morgan fingerprint density at radius 3 is 2.73 bits per heavy atom. The van der Waals surface area contributed by atoms with E-state index in [1.54, 1.807) is 12.1 Å². The number of halogens is 1. The molecule has 1 aliphatic heterocycles. The number of amides is 1. The Morgan fingerprint density at radius 1 is 1.35 bits per heavy atom. The summed E-state index contributed by atoms with van der Waals surface area (Å²) in [5.41, 5.74) is 3.68. The van der Waals surface area contributed by atoms with Gasteiger partial charge < -0.3 is 10.2 Å². The Morgan fingerprint density at radius 2 is 2.12 bits per heavy atom. The Balaban J connectivity index is 1.94. The van der Waals surface area contributed by atoms with E-state index in [9.17, 15) is 4.79 Å². The SMILES string of the molecule is CCN1C[C@@H](C(Nc2ccc(C#N)c(Cl)c2)c2ccccc2C)CC1=O. The van der Waals surface area contributed by atoms with Crippen molar-refractivity contribution in [2.24, 2.45) is 5.92 Å². The van der Waals surface area contributed by atoms with Gasteiger partial charge in [-0.1, -0.05) is 35.9 Å². The Kier molecular flexibility index (Phi) is 5.49. The molecule has 0 bridgehead atoms. The molecular formula is C21H22ClN3O.